The molecule has 2 rings (SSSR count). The van der Waals surface area contributed by atoms with E-state index in [-0.39, 0.29) is 11.2 Å². The minimum absolute atomic E-state index is 0.0210. The number of hydrogen-bond donors (Lipinski definition) is 1. The molecule has 124 valence electrons. The van der Waals surface area contributed by atoms with Crippen molar-refractivity contribution >= 4 is 0 Å². The van der Waals surface area contributed by atoms with Gasteiger partial charge in [-0.15, -0.1) is 0 Å². The zero-order valence-corrected chi connectivity index (χ0v) is 14.5. The normalized spacial score (nSPS) is 29.9. The van der Waals surface area contributed by atoms with Gasteiger partial charge in [0, 0.05) is 32.2 Å². The maximum Gasteiger partial charge on any atom is 0.0789 e. The van der Waals surface area contributed by atoms with Gasteiger partial charge in [-0.3, -0.25) is 4.90 Å². The predicted octanol–water partition coefficient (Wildman–Crippen LogP) is 2.08. The second kappa shape index (κ2) is 6.95. The standard InChI is InChI=1S/C17H35N3O/c1-16(2)14-15(17(3,4)21-16)20-12-10-19(11-13-20)9-7-5-6-8-18/h15H,5-14,18H2,1-4H3. The predicted molar refractivity (Wildman–Crippen MR) is 88.6 cm³/mol. The molecule has 0 bridgehead atoms. The van der Waals surface area contributed by atoms with Crippen LogP contribution in [0.1, 0.15) is 53.4 Å². The summed E-state index contributed by atoms with van der Waals surface area (Å²) in [7, 11) is 0. The summed E-state index contributed by atoms with van der Waals surface area (Å²) < 4.78 is 6.25. The van der Waals surface area contributed by atoms with Gasteiger partial charge in [0.25, 0.3) is 0 Å². The van der Waals surface area contributed by atoms with Crippen LogP contribution in [0.3, 0.4) is 0 Å². The third-order valence-electron chi connectivity index (χ3n) is 5.05. The van der Waals surface area contributed by atoms with Crippen LogP contribution >= 0.6 is 0 Å². The second-order valence-corrected chi connectivity index (χ2v) is 7.91. The van der Waals surface area contributed by atoms with Crippen LogP contribution in [0, 0.1) is 0 Å². The molecule has 1 atom stereocenters. The molecule has 0 radical (unpaired) electrons. The third kappa shape index (κ3) is 4.65. The van der Waals surface area contributed by atoms with Gasteiger partial charge < -0.3 is 15.4 Å². The van der Waals surface area contributed by atoms with Crippen LogP contribution in [0.5, 0.6) is 0 Å². The Kier molecular flexibility index (Phi) is 5.69. The summed E-state index contributed by atoms with van der Waals surface area (Å²) >= 11 is 0. The highest BCUT2D eigenvalue weighted by molar-refractivity contribution is 5.00. The zero-order chi connectivity index (χ0) is 15.5. The highest BCUT2D eigenvalue weighted by atomic mass is 16.5. The fourth-order valence-electron chi connectivity index (χ4n) is 4.06. The molecular formula is C17H35N3O. The lowest BCUT2D eigenvalue weighted by Crippen LogP contribution is -2.55. The molecule has 4 heteroatoms. The molecule has 0 aromatic heterocycles. The van der Waals surface area contributed by atoms with E-state index in [0.717, 1.165) is 13.0 Å². The van der Waals surface area contributed by atoms with Crippen molar-refractivity contribution in [3.8, 4) is 0 Å². The third-order valence-corrected chi connectivity index (χ3v) is 5.05. The number of rotatable bonds is 6. The van der Waals surface area contributed by atoms with E-state index in [0.29, 0.717) is 6.04 Å². The van der Waals surface area contributed by atoms with Gasteiger partial charge in [0.2, 0.25) is 0 Å². The van der Waals surface area contributed by atoms with Gasteiger partial charge in [-0.05, 0) is 60.0 Å². The summed E-state index contributed by atoms with van der Waals surface area (Å²) in [6.45, 7) is 15.8. The molecule has 0 aromatic rings. The minimum atomic E-state index is -0.0210. The van der Waals surface area contributed by atoms with E-state index in [1.807, 2.05) is 0 Å². The Morgan fingerprint density at radius 1 is 1.00 bits per heavy atom. The molecule has 2 heterocycles. The van der Waals surface area contributed by atoms with Crippen molar-refractivity contribution in [2.75, 3.05) is 39.3 Å². The quantitative estimate of drug-likeness (QED) is 0.762. The first-order valence-corrected chi connectivity index (χ1v) is 8.71. The van der Waals surface area contributed by atoms with Crippen LogP contribution in [0.2, 0.25) is 0 Å². The van der Waals surface area contributed by atoms with E-state index in [1.165, 1.54) is 52.0 Å². The summed E-state index contributed by atoms with van der Waals surface area (Å²) in [6, 6.07) is 0.562. The Balaban J connectivity index is 1.76. The molecule has 2 aliphatic heterocycles. The molecule has 2 N–H and O–H groups in total. The van der Waals surface area contributed by atoms with Crippen molar-refractivity contribution in [3.63, 3.8) is 0 Å². The van der Waals surface area contributed by atoms with Crippen molar-refractivity contribution in [2.45, 2.75) is 70.6 Å². The molecule has 0 amide bonds. The van der Waals surface area contributed by atoms with Crippen LogP contribution in [-0.4, -0.2) is 66.3 Å². The molecular weight excluding hydrogens is 262 g/mol. The molecule has 0 aromatic carbocycles. The van der Waals surface area contributed by atoms with E-state index in [2.05, 4.69) is 37.5 Å². The maximum absolute atomic E-state index is 6.25. The zero-order valence-electron chi connectivity index (χ0n) is 14.5. The van der Waals surface area contributed by atoms with Gasteiger partial charge in [-0.2, -0.15) is 0 Å². The number of piperazine rings is 1. The Morgan fingerprint density at radius 2 is 1.67 bits per heavy atom. The monoisotopic (exact) mass is 297 g/mol. The van der Waals surface area contributed by atoms with E-state index in [1.54, 1.807) is 0 Å². The SMILES string of the molecule is CC1(C)CC(N2CCN(CCCCCN)CC2)C(C)(C)O1. The number of hydrogen-bond acceptors (Lipinski definition) is 4. The first-order chi connectivity index (χ1) is 9.84. The Morgan fingerprint density at radius 3 is 2.19 bits per heavy atom. The molecule has 0 aliphatic carbocycles. The Bertz CT molecular complexity index is 322. The molecule has 21 heavy (non-hydrogen) atoms. The summed E-state index contributed by atoms with van der Waals surface area (Å²) in [4.78, 5) is 5.27. The van der Waals surface area contributed by atoms with Crippen molar-refractivity contribution < 1.29 is 4.74 Å². The van der Waals surface area contributed by atoms with E-state index in [4.69, 9.17) is 10.5 Å². The van der Waals surface area contributed by atoms with Gasteiger partial charge >= 0.3 is 0 Å². The fourth-order valence-corrected chi connectivity index (χ4v) is 4.06. The highest BCUT2D eigenvalue weighted by Crippen LogP contribution is 2.40. The lowest BCUT2D eigenvalue weighted by atomic mass is 9.92. The number of nitrogens with two attached hydrogens (primary N) is 1. The van der Waals surface area contributed by atoms with Gasteiger partial charge in [0.15, 0.2) is 0 Å². The molecule has 0 saturated carbocycles. The summed E-state index contributed by atoms with van der Waals surface area (Å²) in [6.07, 6.45) is 4.88. The van der Waals surface area contributed by atoms with Gasteiger partial charge in [-0.25, -0.2) is 0 Å². The number of ether oxygens (including phenoxy) is 1. The smallest absolute Gasteiger partial charge is 0.0789 e. The Labute approximate surface area is 131 Å². The minimum Gasteiger partial charge on any atom is -0.368 e. The van der Waals surface area contributed by atoms with Crippen LogP contribution in [-0.2, 0) is 4.74 Å². The topological polar surface area (TPSA) is 41.7 Å². The molecule has 2 saturated heterocycles. The van der Waals surface area contributed by atoms with Crippen molar-refractivity contribution in [2.24, 2.45) is 5.73 Å². The van der Waals surface area contributed by atoms with Gasteiger partial charge in [0.05, 0.1) is 11.2 Å². The number of unbranched alkanes of at least 4 members (excludes halogenated alkanes) is 2. The molecule has 0 spiro atoms. The van der Waals surface area contributed by atoms with Crippen LogP contribution in [0.25, 0.3) is 0 Å². The molecule has 1 unspecified atom stereocenters. The van der Waals surface area contributed by atoms with Crippen LogP contribution in [0.4, 0.5) is 0 Å². The molecule has 4 nitrogen and oxygen atoms in total. The average Bonchev–Trinajstić information content (AvgIpc) is 2.63. The van der Waals surface area contributed by atoms with Crippen molar-refractivity contribution in [1.82, 2.24) is 9.80 Å². The molecule has 2 aliphatic rings. The van der Waals surface area contributed by atoms with E-state index >= 15 is 0 Å². The fraction of sp³-hybridized carbons (Fsp3) is 1.00. The van der Waals surface area contributed by atoms with Gasteiger partial charge in [-0.1, -0.05) is 6.42 Å². The van der Waals surface area contributed by atoms with Gasteiger partial charge in [0.1, 0.15) is 0 Å². The lowest BCUT2D eigenvalue weighted by Gasteiger charge is -2.41. The number of nitrogens with zero attached hydrogens (tertiary/aromatic N) is 2. The first kappa shape index (κ1) is 17.2. The van der Waals surface area contributed by atoms with Crippen molar-refractivity contribution in [1.29, 1.82) is 0 Å². The lowest BCUT2D eigenvalue weighted by molar-refractivity contribution is -0.0835. The highest BCUT2D eigenvalue weighted by Gasteiger charge is 2.48. The average molecular weight is 297 g/mol. The summed E-state index contributed by atoms with van der Waals surface area (Å²) in [5.41, 5.74) is 5.55. The maximum atomic E-state index is 6.25. The Hall–Kier alpha value is -0.160. The van der Waals surface area contributed by atoms with Crippen molar-refractivity contribution in [3.05, 3.63) is 0 Å². The molecule has 2 fully saturated rings. The summed E-state index contributed by atoms with van der Waals surface area (Å²) in [5, 5.41) is 0. The summed E-state index contributed by atoms with van der Waals surface area (Å²) in [5.74, 6) is 0. The largest absolute Gasteiger partial charge is 0.368 e. The van der Waals surface area contributed by atoms with E-state index in [9.17, 15) is 0 Å². The van der Waals surface area contributed by atoms with Crippen LogP contribution < -0.4 is 5.73 Å². The van der Waals surface area contributed by atoms with E-state index < -0.39 is 0 Å². The second-order valence-electron chi connectivity index (χ2n) is 7.91. The first-order valence-electron chi connectivity index (χ1n) is 8.71. The van der Waals surface area contributed by atoms with Crippen LogP contribution in [0.15, 0.2) is 0 Å².